The Balaban J connectivity index is 2.92. The van der Waals surface area contributed by atoms with Crippen molar-refractivity contribution in [2.75, 3.05) is 6.61 Å². The molecule has 2 N–H and O–H groups in total. The van der Waals surface area contributed by atoms with Crippen LogP contribution < -0.4 is 10.2 Å². The summed E-state index contributed by atoms with van der Waals surface area (Å²) in [7, 11) is -1.47. The molecule has 0 spiro atoms. The van der Waals surface area contributed by atoms with Gasteiger partial charge >= 0.3 is 7.12 Å². The van der Waals surface area contributed by atoms with Crippen molar-refractivity contribution in [2.45, 2.75) is 13.8 Å². The molecule has 1 rings (SSSR count). The van der Waals surface area contributed by atoms with Gasteiger partial charge in [-0.2, -0.15) is 0 Å². The van der Waals surface area contributed by atoms with Crippen molar-refractivity contribution >= 4 is 12.6 Å². The smallest absolute Gasteiger partial charge is 0.478 e. The summed E-state index contributed by atoms with van der Waals surface area (Å²) < 4.78 is 5.20. The zero-order valence-electron chi connectivity index (χ0n) is 7.69. The lowest BCUT2D eigenvalue weighted by molar-refractivity contribution is 0.324. The molecule has 0 aromatic carbocycles. The van der Waals surface area contributed by atoms with E-state index in [0.717, 1.165) is 5.56 Å². The average Bonchev–Trinajstić information content (AvgIpc) is 2.08. The van der Waals surface area contributed by atoms with Crippen LogP contribution >= 0.6 is 0 Å². The Morgan fingerprint density at radius 2 is 2.23 bits per heavy atom. The van der Waals surface area contributed by atoms with E-state index in [1.54, 1.807) is 6.07 Å². The molecule has 70 valence electrons. The van der Waals surface area contributed by atoms with Crippen LogP contribution in [-0.4, -0.2) is 28.8 Å². The quantitative estimate of drug-likeness (QED) is 0.615. The first-order valence-electron chi connectivity index (χ1n) is 4.10. The fourth-order valence-electron chi connectivity index (χ4n) is 1.01. The van der Waals surface area contributed by atoms with Crippen LogP contribution in [0.1, 0.15) is 12.5 Å². The van der Waals surface area contributed by atoms with E-state index in [2.05, 4.69) is 4.98 Å². The summed E-state index contributed by atoms with van der Waals surface area (Å²) in [5, 5.41) is 17.7. The fraction of sp³-hybridized carbons (Fsp3) is 0.375. The van der Waals surface area contributed by atoms with Crippen LogP contribution in [0.15, 0.2) is 12.3 Å². The molecular formula is C8H12BNO3. The van der Waals surface area contributed by atoms with Gasteiger partial charge in [-0.25, -0.2) is 4.98 Å². The minimum atomic E-state index is -1.47. The third-order valence-electron chi connectivity index (χ3n) is 1.63. The van der Waals surface area contributed by atoms with Crippen molar-refractivity contribution in [3.63, 3.8) is 0 Å². The number of hydrogen-bond acceptors (Lipinski definition) is 4. The predicted molar refractivity (Wildman–Crippen MR) is 50.0 cm³/mol. The van der Waals surface area contributed by atoms with Gasteiger partial charge in [0.1, 0.15) is 0 Å². The van der Waals surface area contributed by atoms with Gasteiger partial charge in [0.2, 0.25) is 5.88 Å². The number of aromatic nitrogens is 1. The van der Waals surface area contributed by atoms with Gasteiger partial charge in [0, 0.05) is 17.2 Å². The van der Waals surface area contributed by atoms with Gasteiger partial charge in [-0.1, -0.05) is 6.07 Å². The first-order chi connectivity index (χ1) is 6.15. The molecule has 0 saturated carbocycles. The van der Waals surface area contributed by atoms with E-state index in [0.29, 0.717) is 17.9 Å². The fourth-order valence-corrected chi connectivity index (χ4v) is 1.01. The van der Waals surface area contributed by atoms with Crippen LogP contribution in [0.2, 0.25) is 0 Å². The summed E-state index contributed by atoms with van der Waals surface area (Å²) in [6, 6.07) is 1.64. The van der Waals surface area contributed by atoms with Crippen LogP contribution in [0, 0.1) is 6.92 Å². The molecule has 0 aliphatic rings. The highest BCUT2D eigenvalue weighted by molar-refractivity contribution is 6.58. The average molecular weight is 181 g/mol. The Morgan fingerprint density at radius 3 is 2.69 bits per heavy atom. The standard InChI is InChI=1S/C8H12BNO3/c1-3-13-8-6(2)4-7(5-10-8)9(11)12/h4-5,11-12H,3H2,1-2H3. The molecule has 0 unspecified atom stereocenters. The third-order valence-corrected chi connectivity index (χ3v) is 1.63. The molecule has 13 heavy (non-hydrogen) atoms. The summed E-state index contributed by atoms with van der Waals surface area (Å²) in [5.74, 6) is 0.534. The van der Waals surface area contributed by atoms with Crippen molar-refractivity contribution in [2.24, 2.45) is 0 Å². The van der Waals surface area contributed by atoms with E-state index in [9.17, 15) is 0 Å². The number of hydrogen-bond donors (Lipinski definition) is 2. The molecule has 0 atom stereocenters. The Kier molecular flexibility index (Phi) is 3.28. The van der Waals surface area contributed by atoms with Gasteiger partial charge in [-0.15, -0.1) is 0 Å². The van der Waals surface area contributed by atoms with Crippen molar-refractivity contribution < 1.29 is 14.8 Å². The minimum Gasteiger partial charge on any atom is -0.478 e. The largest absolute Gasteiger partial charge is 0.490 e. The molecule has 5 heteroatoms. The monoisotopic (exact) mass is 181 g/mol. The van der Waals surface area contributed by atoms with E-state index in [-0.39, 0.29) is 0 Å². The zero-order chi connectivity index (χ0) is 9.84. The molecule has 4 nitrogen and oxygen atoms in total. The van der Waals surface area contributed by atoms with Crippen LogP contribution in [-0.2, 0) is 0 Å². The summed E-state index contributed by atoms with van der Waals surface area (Å²) in [5.41, 5.74) is 1.17. The van der Waals surface area contributed by atoms with Crippen molar-refractivity contribution in [1.82, 2.24) is 4.98 Å². The summed E-state index contributed by atoms with van der Waals surface area (Å²) >= 11 is 0. The summed E-state index contributed by atoms with van der Waals surface area (Å²) in [6.07, 6.45) is 1.39. The van der Waals surface area contributed by atoms with Crippen molar-refractivity contribution in [3.05, 3.63) is 17.8 Å². The maximum atomic E-state index is 8.84. The predicted octanol–water partition coefficient (Wildman–Crippen LogP) is -0.531. The zero-order valence-corrected chi connectivity index (χ0v) is 7.69. The van der Waals surface area contributed by atoms with E-state index in [1.165, 1.54) is 6.20 Å². The SMILES string of the molecule is CCOc1ncc(B(O)O)cc1C. The second kappa shape index (κ2) is 4.25. The van der Waals surface area contributed by atoms with Crippen LogP contribution in [0.3, 0.4) is 0 Å². The molecule has 0 fully saturated rings. The molecule has 1 aromatic rings. The van der Waals surface area contributed by atoms with E-state index in [1.807, 2.05) is 13.8 Å². The molecule has 0 saturated heterocycles. The summed E-state index contributed by atoms with van der Waals surface area (Å²) in [4.78, 5) is 3.95. The van der Waals surface area contributed by atoms with Crippen LogP contribution in [0.25, 0.3) is 0 Å². The Morgan fingerprint density at radius 1 is 1.54 bits per heavy atom. The molecule has 0 aliphatic carbocycles. The highest BCUT2D eigenvalue weighted by atomic mass is 16.5. The van der Waals surface area contributed by atoms with Gasteiger partial charge in [0.25, 0.3) is 0 Å². The number of pyridine rings is 1. The number of nitrogens with zero attached hydrogens (tertiary/aromatic N) is 1. The molecule has 1 heterocycles. The second-order valence-electron chi connectivity index (χ2n) is 2.70. The normalized spacial score (nSPS) is 9.85. The molecule has 1 aromatic heterocycles. The van der Waals surface area contributed by atoms with E-state index in [4.69, 9.17) is 14.8 Å². The molecule has 0 aliphatic heterocycles. The Labute approximate surface area is 77.3 Å². The Bertz CT molecular complexity index is 291. The highest BCUT2D eigenvalue weighted by Gasteiger charge is 2.12. The Hall–Kier alpha value is -1.07. The molecular weight excluding hydrogens is 169 g/mol. The lowest BCUT2D eigenvalue weighted by atomic mass is 9.81. The van der Waals surface area contributed by atoms with E-state index >= 15 is 0 Å². The second-order valence-corrected chi connectivity index (χ2v) is 2.70. The van der Waals surface area contributed by atoms with Crippen LogP contribution in [0.5, 0.6) is 5.88 Å². The lowest BCUT2D eigenvalue weighted by Crippen LogP contribution is -2.30. The topological polar surface area (TPSA) is 62.6 Å². The lowest BCUT2D eigenvalue weighted by Gasteiger charge is -2.06. The van der Waals surface area contributed by atoms with Crippen molar-refractivity contribution in [1.29, 1.82) is 0 Å². The first kappa shape index (κ1) is 10.0. The van der Waals surface area contributed by atoms with Gasteiger partial charge in [-0.3, -0.25) is 0 Å². The number of rotatable bonds is 3. The first-order valence-corrected chi connectivity index (χ1v) is 4.10. The third kappa shape index (κ3) is 2.43. The number of aryl methyl sites for hydroxylation is 1. The maximum Gasteiger partial charge on any atom is 0.490 e. The minimum absolute atomic E-state index is 0.376. The van der Waals surface area contributed by atoms with Gasteiger partial charge < -0.3 is 14.8 Å². The van der Waals surface area contributed by atoms with Crippen LogP contribution in [0.4, 0.5) is 0 Å². The van der Waals surface area contributed by atoms with Gasteiger partial charge in [0.15, 0.2) is 0 Å². The van der Waals surface area contributed by atoms with E-state index < -0.39 is 7.12 Å². The number of ether oxygens (including phenoxy) is 1. The van der Waals surface area contributed by atoms with Crippen molar-refractivity contribution in [3.8, 4) is 5.88 Å². The highest BCUT2D eigenvalue weighted by Crippen LogP contribution is 2.10. The van der Waals surface area contributed by atoms with Gasteiger partial charge in [-0.05, 0) is 13.8 Å². The maximum absolute atomic E-state index is 8.84. The summed E-state index contributed by atoms with van der Waals surface area (Å²) in [6.45, 7) is 4.23. The molecule has 0 bridgehead atoms. The molecule has 0 amide bonds. The molecule has 0 radical (unpaired) electrons. The van der Waals surface area contributed by atoms with Gasteiger partial charge in [0.05, 0.1) is 6.61 Å².